The van der Waals surface area contributed by atoms with Crippen LogP contribution in [0.25, 0.3) is 0 Å². The summed E-state index contributed by atoms with van der Waals surface area (Å²) >= 11 is 0. The van der Waals surface area contributed by atoms with Gasteiger partial charge in [-0.25, -0.2) is 9.59 Å². The van der Waals surface area contributed by atoms with Crippen LogP contribution in [-0.4, -0.2) is 75.2 Å². The van der Waals surface area contributed by atoms with Crippen molar-refractivity contribution < 1.29 is 42.9 Å². The minimum Gasteiger partial charge on any atom is -0.493 e. The highest BCUT2D eigenvalue weighted by Gasteiger charge is 2.45. The molecular weight excluding hydrogens is 422 g/mol. The number of rotatable bonds is 5. The molecule has 2 aliphatic heterocycles. The number of ketones is 1. The van der Waals surface area contributed by atoms with Crippen molar-refractivity contribution >= 4 is 23.6 Å². The third-order valence-electron chi connectivity index (χ3n) is 5.55. The van der Waals surface area contributed by atoms with E-state index in [0.717, 1.165) is 4.90 Å². The summed E-state index contributed by atoms with van der Waals surface area (Å²) in [6.07, 6.45) is 2.17. The Labute approximate surface area is 185 Å². The normalized spacial score (nSPS) is 21.5. The van der Waals surface area contributed by atoms with Crippen molar-refractivity contribution in [1.82, 2.24) is 4.90 Å². The highest BCUT2D eigenvalue weighted by Crippen LogP contribution is 2.38. The van der Waals surface area contributed by atoms with Gasteiger partial charge in [0.2, 0.25) is 5.75 Å². The van der Waals surface area contributed by atoms with Crippen molar-refractivity contribution in [2.75, 3.05) is 34.5 Å². The van der Waals surface area contributed by atoms with Gasteiger partial charge in [0.1, 0.15) is 12.1 Å². The second-order valence-corrected chi connectivity index (χ2v) is 7.46. The van der Waals surface area contributed by atoms with E-state index in [2.05, 4.69) is 0 Å². The summed E-state index contributed by atoms with van der Waals surface area (Å²) < 4.78 is 26.3. The summed E-state index contributed by atoms with van der Waals surface area (Å²) in [7, 11) is 4.19. The van der Waals surface area contributed by atoms with Crippen molar-refractivity contribution in [3.63, 3.8) is 0 Å². The Balaban J connectivity index is 1.99. The van der Waals surface area contributed by atoms with Gasteiger partial charge in [-0.1, -0.05) is 0 Å². The van der Waals surface area contributed by atoms with Gasteiger partial charge in [-0.3, -0.25) is 9.59 Å². The molecule has 0 aliphatic carbocycles. The van der Waals surface area contributed by atoms with Gasteiger partial charge in [-0.15, -0.1) is 0 Å². The molecule has 1 amide bonds. The van der Waals surface area contributed by atoms with E-state index in [1.807, 2.05) is 0 Å². The van der Waals surface area contributed by atoms with Crippen LogP contribution in [0.3, 0.4) is 0 Å². The number of cyclic esters (lactones) is 2. The number of benzene rings is 1. The molecule has 0 N–H and O–H groups in total. The second-order valence-electron chi connectivity index (χ2n) is 7.46. The molecule has 10 nitrogen and oxygen atoms in total. The van der Waals surface area contributed by atoms with E-state index in [4.69, 9.17) is 23.7 Å². The fraction of sp³-hybridized carbons (Fsp3) is 0.545. The number of fused-ring (bicyclic) bond motifs is 2. The van der Waals surface area contributed by atoms with E-state index >= 15 is 0 Å². The third-order valence-corrected chi connectivity index (χ3v) is 5.55. The predicted octanol–water partition coefficient (Wildman–Crippen LogP) is 1.52. The maximum Gasteiger partial charge on any atom is 0.328 e. The summed E-state index contributed by atoms with van der Waals surface area (Å²) in [5, 5.41) is 0. The maximum atomic E-state index is 13.4. The van der Waals surface area contributed by atoms with E-state index < -0.39 is 35.7 Å². The van der Waals surface area contributed by atoms with Gasteiger partial charge in [-0.05, 0) is 44.2 Å². The van der Waals surface area contributed by atoms with Gasteiger partial charge in [-0.2, -0.15) is 0 Å². The Kier molecular flexibility index (Phi) is 7.55. The maximum absolute atomic E-state index is 13.4. The summed E-state index contributed by atoms with van der Waals surface area (Å²) in [6, 6.07) is 0.608. The standard InChI is InChI=1S/C22H27NO9/c1-28-16-11-13(12-17(29-2)19(16)30-3)18(24)20(25)23-14-7-6-8-15(23)22(27)32-10-5-4-9-31-21(14)26/h11-12,14-15H,4-10H2,1-3H3/t14-,15+. The number of ether oxygens (including phenoxy) is 5. The number of esters is 2. The summed E-state index contributed by atoms with van der Waals surface area (Å²) in [6.45, 7) is 0.306. The number of carbonyl (C=O) groups excluding carboxylic acids is 4. The Bertz CT molecular complexity index is 844. The molecule has 0 aromatic heterocycles. The fourth-order valence-corrected chi connectivity index (χ4v) is 3.94. The topological polar surface area (TPSA) is 118 Å². The highest BCUT2D eigenvalue weighted by atomic mass is 16.5. The average molecular weight is 449 g/mol. The zero-order chi connectivity index (χ0) is 23.3. The first-order valence-electron chi connectivity index (χ1n) is 10.4. The molecule has 0 saturated carbocycles. The number of hydrogen-bond donors (Lipinski definition) is 0. The monoisotopic (exact) mass is 449 g/mol. The number of carbonyl (C=O) groups is 4. The molecule has 2 saturated heterocycles. The molecule has 2 bridgehead atoms. The average Bonchev–Trinajstić information content (AvgIpc) is 2.83. The van der Waals surface area contributed by atoms with Crippen molar-refractivity contribution in [2.24, 2.45) is 0 Å². The van der Waals surface area contributed by atoms with Crippen LogP contribution in [0.15, 0.2) is 12.1 Å². The predicted molar refractivity (Wildman–Crippen MR) is 110 cm³/mol. The van der Waals surface area contributed by atoms with Crippen LogP contribution in [0.4, 0.5) is 0 Å². The zero-order valence-electron chi connectivity index (χ0n) is 18.4. The van der Waals surface area contributed by atoms with Crippen molar-refractivity contribution in [2.45, 2.75) is 44.2 Å². The first kappa shape index (κ1) is 23.4. The molecule has 0 spiro atoms. The molecule has 32 heavy (non-hydrogen) atoms. The Hall–Kier alpha value is -3.30. The number of methoxy groups -OCH3 is 3. The number of amides is 1. The molecule has 0 unspecified atom stereocenters. The van der Waals surface area contributed by atoms with Crippen LogP contribution in [0.2, 0.25) is 0 Å². The van der Waals surface area contributed by atoms with Crippen LogP contribution in [0, 0.1) is 0 Å². The SMILES string of the molecule is COc1cc(C(=O)C(=O)N2[C@@H]3CCC[C@H]2C(=O)OCCCCOC3=O)cc(OC)c1OC. The number of Topliss-reactive ketones (excluding diaryl/α,β-unsaturated/α-hetero) is 1. The molecule has 1 aromatic rings. The lowest BCUT2D eigenvalue weighted by Gasteiger charge is -2.38. The molecule has 2 fully saturated rings. The number of hydrogen-bond acceptors (Lipinski definition) is 9. The van der Waals surface area contributed by atoms with Gasteiger partial charge in [0.15, 0.2) is 11.5 Å². The molecule has 0 radical (unpaired) electrons. The quantitative estimate of drug-likeness (QED) is 0.375. The van der Waals surface area contributed by atoms with Crippen LogP contribution in [0.1, 0.15) is 42.5 Å². The second kappa shape index (κ2) is 10.3. The zero-order valence-corrected chi connectivity index (χ0v) is 18.4. The van der Waals surface area contributed by atoms with Gasteiger partial charge in [0.25, 0.3) is 11.7 Å². The van der Waals surface area contributed by atoms with Crippen LogP contribution >= 0.6 is 0 Å². The van der Waals surface area contributed by atoms with Crippen molar-refractivity contribution in [3.05, 3.63) is 17.7 Å². The van der Waals surface area contributed by atoms with E-state index in [9.17, 15) is 19.2 Å². The largest absolute Gasteiger partial charge is 0.493 e. The lowest BCUT2D eigenvalue weighted by atomic mass is 9.94. The molecule has 1 aromatic carbocycles. The minimum atomic E-state index is -1.04. The van der Waals surface area contributed by atoms with Crippen molar-refractivity contribution in [3.8, 4) is 17.2 Å². The fourth-order valence-electron chi connectivity index (χ4n) is 3.94. The van der Waals surface area contributed by atoms with Crippen molar-refractivity contribution in [1.29, 1.82) is 0 Å². The Morgan fingerprint density at radius 3 is 1.78 bits per heavy atom. The third kappa shape index (κ3) is 4.63. The molecule has 2 atom stereocenters. The van der Waals surface area contributed by atoms with E-state index in [-0.39, 0.29) is 48.9 Å². The number of piperidine rings is 1. The summed E-state index contributed by atoms with van der Waals surface area (Å²) in [5.74, 6) is -2.53. The highest BCUT2D eigenvalue weighted by molar-refractivity contribution is 6.43. The van der Waals surface area contributed by atoms with Crippen LogP contribution < -0.4 is 14.2 Å². The molecule has 10 heteroatoms. The molecule has 2 aliphatic rings. The number of nitrogens with zero attached hydrogens (tertiary/aromatic N) is 1. The summed E-state index contributed by atoms with van der Waals surface area (Å²) in [4.78, 5) is 52.9. The van der Waals surface area contributed by atoms with E-state index in [1.54, 1.807) is 0 Å². The van der Waals surface area contributed by atoms with Crippen LogP contribution in [0.5, 0.6) is 17.2 Å². The minimum absolute atomic E-state index is 0.0291. The van der Waals surface area contributed by atoms with Crippen LogP contribution in [-0.2, 0) is 23.9 Å². The molecule has 2 heterocycles. The molecule has 174 valence electrons. The Morgan fingerprint density at radius 1 is 0.844 bits per heavy atom. The van der Waals surface area contributed by atoms with E-state index in [0.29, 0.717) is 19.3 Å². The van der Waals surface area contributed by atoms with Gasteiger partial charge in [0.05, 0.1) is 34.5 Å². The lowest BCUT2D eigenvalue weighted by Crippen LogP contribution is -2.58. The first-order valence-corrected chi connectivity index (χ1v) is 10.4. The van der Waals surface area contributed by atoms with Gasteiger partial charge < -0.3 is 28.6 Å². The summed E-state index contributed by atoms with van der Waals surface area (Å²) in [5.41, 5.74) is -0.0291. The smallest absolute Gasteiger partial charge is 0.328 e. The van der Waals surface area contributed by atoms with Gasteiger partial charge in [0, 0.05) is 5.56 Å². The lowest BCUT2D eigenvalue weighted by molar-refractivity contribution is -0.164. The molecular formula is C22H27NO9. The van der Waals surface area contributed by atoms with Gasteiger partial charge >= 0.3 is 11.9 Å². The molecule has 3 rings (SSSR count). The Morgan fingerprint density at radius 2 is 1.34 bits per heavy atom. The van der Waals surface area contributed by atoms with E-state index in [1.165, 1.54) is 33.5 Å². The first-order chi connectivity index (χ1) is 15.4.